The maximum Gasteiger partial charge on any atom is 0.312 e. The first kappa shape index (κ1) is 13.5. The number of nitrogens with zero attached hydrogens (tertiary/aromatic N) is 1. The van der Waals surface area contributed by atoms with E-state index in [1.54, 1.807) is 31.2 Å². The lowest BCUT2D eigenvalue weighted by Gasteiger charge is -2.21. The van der Waals surface area contributed by atoms with Crippen LogP contribution in [0.4, 0.5) is 5.69 Å². The summed E-state index contributed by atoms with van der Waals surface area (Å²) in [7, 11) is 0. The number of hydrogen-bond donors (Lipinski definition) is 1. The summed E-state index contributed by atoms with van der Waals surface area (Å²) in [5.74, 6) is -1.76. The molecule has 102 valence electrons. The van der Waals surface area contributed by atoms with Crippen molar-refractivity contribution in [3.05, 3.63) is 29.8 Å². The number of aliphatic carboxylic acids is 1. The molecule has 1 heterocycles. The minimum absolute atomic E-state index is 0.172. The third-order valence-corrected chi connectivity index (χ3v) is 3.30. The van der Waals surface area contributed by atoms with E-state index < -0.39 is 18.0 Å². The number of hydrogen-bond acceptors (Lipinski definition) is 3. The van der Waals surface area contributed by atoms with Crippen LogP contribution in [0.25, 0.3) is 0 Å². The standard InChI is InChI=1S/C14H17NO4/c1-3-19-9(2)13(16)15-8-11(14(17)18)10-6-4-5-7-12(10)15/h4-7,9,11H,3,8H2,1-2H3,(H,17,18). The van der Waals surface area contributed by atoms with E-state index >= 15 is 0 Å². The fraction of sp³-hybridized carbons (Fsp3) is 0.429. The number of carbonyl (C=O) groups excluding carboxylic acids is 1. The van der Waals surface area contributed by atoms with E-state index in [1.807, 2.05) is 6.92 Å². The van der Waals surface area contributed by atoms with Crippen LogP contribution in [-0.4, -0.2) is 36.2 Å². The molecule has 2 atom stereocenters. The molecule has 0 saturated heterocycles. The molecule has 0 aliphatic carbocycles. The van der Waals surface area contributed by atoms with Crippen LogP contribution < -0.4 is 4.90 Å². The maximum atomic E-state index is 12.3. The lowest BCUT2D eigenvalue weighted by atomic mass is 10.0. The molecule has 1 amide bonds. The van der Waals surface area contributed by atoms with E-state index in [1.165, 1.54) is 4.90 Å². The van der Waals surface area contributed by atoms with Gasteiger partial charge in [-0.3, -0.25) is 9.59 Å². The van der Waals surface area contributed by atoms with Crippen molar-refractivity contribution >= 4 is 17.6 Å². The monoisotopic (exact) mass is 263 g/mol. The SMILES string of the molecule is CCOC(C)C(=O)N1CC(C(=O)O)c2ccccc21. The lowest BCUT2D eigenvalue weighted by Crippen LogP contribution is -2.39. The van der Waals surface area contributed by atoms with E-state index in [9.17, 15) is 14.7 Å². The summed E-state index contributed by atoms with van der Waals surface area (Å²) < 4.78 is 5.29. The second kappa shape index (κ2) is 5.40. The van der Waals surface area contributed by atoms with E-state index in [4.69, 9.17) is 4.74 Å². The highest BCUT2D eigenvalue weighted by Crippen LogP contribution is 2.36. The molecule has 0 radical (unpaired) electrons. The highest BCUT2D eigenvalue weighted by atomic mass is 16.5. The van der Waals surface area contributed by atoms with Crippen molar-refractivity contribution in [2.24, 2.45) is 0 Å². The molecule has 0 spiro atoms. The number of carboxylic acids is 1. The molecule has 1 aromatic rings. The molecule has 1 N–H and O–H groups in total. The Balaban J connectivity index is 2.30. The number of amides is 1. The Hall–Kier alpha value is -1.88. The number of carbonyl (C=O) groups is 2. The summed E-state index contributed by atoms with van der Waals surface area (Å²) in [4.78, 5) is 25.0. The number of rotatable bonds is 4. The summed E-state index contributed by atoms with van der Waals surface area (Å²) >= 11 is 0. The summed E-state index contributed by atoms with van der Waals surface area (Å²) in [6.45, 7) is 4.12. The number of ether oxygens (including phenoxy) is 1. The Kier molecular flexibility index (Phi) is 3.85. The molecule has 0 aromatic heterocycles. The summed E-state index contributed by atoms with van der Waals surface area (Å²) in [5.41, 5.74) is 1.36. The van der Waals surface area contributed by atoms with Gasteiger partial charge in [0.25, 0.3) is 5.91 Å². The lowest BCUT2D eigenvalue weighted by molar-refractivity contribution is -0.138. The zero-order chi connectivity index (χ0) is 14.0. The smallest absolute Gasteiger partial charge is 0.312 e. The Labute approximate surface area is 111 Å². The van der Waals surface area contributed by atoms with Crippen molar-refractivity contribution in [2.75, 3.05) is 18.1 Å². The van der Waals surface area contributed by atoms with Crippen molar-refractivity contribution in [3.63, 3.8) is 0 Å². The van der Waals surface area contributed by atoms with Crippen LogP contribution >= 0.6 is 0 Å². The summed E-state index contributed by atoms with van der Waals surface area (Å²) in [6, 6.07) is 7.12. The highest BCUT2D eigenvalue weighted by Gasteiger charge is 2.37. The molecule has 19 heavy (non-hydrogen) atoms. The van der Waals surface area contributed by atoms with Gasteiger partial charge in [-0.15, -0.1) is 0 Å². The second-order valence-corrected chi connectivity index (χ2v) is 4.50. The minimum atomic E-state index is -0.910. The van der Waals surface area contributed by atoms with E-state index in [0.717, 1.165) is 0 Å². The summed E-state index contributed by atoms with van der Waals surface area (Å²) in [6.07, 6.45) is -0.564. The quantitative estimate of drug-likeness (QED) is 0.896. The van der Waals surface area contributed by atoms with Gasteiger partial charge in [0.1, 0.15) is 12.0 Å². The Morgan fingerprint density at radius 3 is 2.79 bits per heavy atom. The van der Waals surface area contributed by atoms with Crippen LogP contribution in [0.2, 0.25) is 0 Å². The average molecular weight is 263 g/mol. The largest absolute Gasteiger partial charge is 0.481 e. The number of benzene rings is 1. The van der Waals surface area contributed by atoms with Crippen molar-refractivity contribution in [3.8, 4) is 0 Å². The van der Waals surface area contributed by atoms with Gasteiger partial charge in [0, 0.05) is 18.8 Å². The number of fused-ring (bicyclic) bond motifs is 1. The predicted octanol–water partition coefficient (Wildman–Crippen LogP) is 1.63. The van der Waals surface area contributed by atoms with Crippen LogP contribution in [0, 0.1) is 0 Å². The van der Waals surface area contributed by atoms with Crippen molar-refractivity contribution in [1.29, 1.82) is 0 Å². The first-order valence-electron chi connectivity index (χ1n) is 6.31. The van der Waals surface area contributed by atoms with Gasteiger partial charge in [-0.25, -0.2) is 0 Å². The van der Waals surface area contributed by atoms with Crippen molar-refractivity contribution in [1.82, 2.24) is 0 Å². The Morgan fingerprint density at radius 2 is 2.16 bits per heavy atom. The fourth-order valence-corrected chi connectivity index (χ4v) is 2.37. The molecule has 2 rings (SSSR count). The molecule has 5 heteroatoms. The fourth-order valence-electron chi connectivity index (χ4n) is 2.37. The number of anilines is 1. The normalized spacial score (nSPS) is 19.1. The van der Waals surface area contributed by atoms with Gasteiger partial charge in [0.15, 0.2) is 0 Å². The zero-order valence-electron chi connectivity index (χ0n) is 11.0. The third kappa shape index (κ3) is 2.46. The van der Waals surface area contributed by atoms with Crippen LogP contribution in [0.1, 0.15) is 25.3 Å². The first-order chi connectivity index (χ1) is 9.06. The topological polar surface area (TPSA) is 66.8 Å². The van der Waals surface area contributed by atoms with Gasteiger partial charge < -0.3 is 14.7 Å². The Bertz CT molecular complexity index is 500. The third-order valence-electron chi connectivity index (χ3n) is 3.30. The molecule has 0 fully saturated rings. The van der Waals surface area contributed by atoms with Gasteiger partial charge in [0.05, 0.1) is 0 Å². The molecule has 1 aliphatic rings. The number of para-hydroxylation sites is 1. The van der Waals surface area contributed by atoms with E-state index in [-0.39, 0.29) is 12.5 Å². The molecule has 1 aliphatic heterocycles. The second-order valence-electron chi connectivity index (χ2n) is 4.50. The van der Waals surface area contributed by atoms with Gasteiger partial charge >= 0.3 is 5.97 Å². The van der Waals surface area contributed by atoms with Crippen LogP contribution in [-0.2, 0) is 14.3 Å². The van der Waals surface area contributed by atoms with E-state index in [2.05, 4.69) is 0 Å². The first-order valence-corrected chi connectivity index (χ1v) is 6.31. The molecular weight excluding hydrogens is 246 g/mol. The molecule has 2 unspecified atom stereocenters. The van der Waals surface area contributed by atoms with Gasteiger partial charge in [-0.05, 0) is 25.5 Å². The van der Waals surface area contributed by atoms with E-state index in [0.29, 0.717) is 17.9 Å². The summed E-state index contributed by atoms with van der Waals surface area (Å²) in [5, 5.41) is 9.23. The number of carboxylic acid groups (broad SMARTS) is 1. The van der Waals surface area contributed by atoms with Gasteiger partial charge in [-0.2, -0.15) is 0 Å². The molecule has 0 saturated carbocycles. The predicted molar refractivity (Wildman–Crippen MR) is 70.3 cm³/mol. The van der Waals surface area contributed by atoms with Crippen LogP contribution in [0.15, 0.2) is 24.3 Å². The minimum Gasteiger partial charge on any atom is -0.481 e. The molecule has 1 aromatic carbocycles. The molecule has 0 bridgehead atoms. The molecular formula is C14H17NO4. The van der Waals surface area contributed by atoms with Crippen LogP contribution in [0.5, 0.6) is 0 Å². The van der Waals surface area contributed by atoms with Gasteiger partial charge in [-0.1, -0.05) is 18.2 Å². The highest BCUT2D eigenvalue weighted by molar-refractivity contribution is 6.01. The zero-order valence-corrected chi connectivity index (χ0v) is 11.0. The van der Waals surface area contributed by atoms with Crippen molar-refractivity contribution < 1.29 is 19.4 Å². The van der Waals surface area contributed by atoms with Crippen molar-refractivity contribution in [2.45, 2.75) is 25.9 Å². The maximum absolute atomic E-state index is 12.3. The Morgan fingerprint density at radius 1 is 1.47 bits per heavy atom. The van der Waals surface area contributed by atoms with Gasteiger partial charge in [0.2, 0.25) is 0 Å². The molecule has 5 nitrogen and oxygen atoms in total. The average Bonchev–Trinajstić information content (AvgIpc) is 2.78. The van der Waals surface area contributed by atoms with Crippen LogP contribution in [0.3, 0.4) is 0 Å².